The molecule has 1 nitrogen and oxygen atoms in total. The summed E-state index contributed by atoms with van der Waals surface area (Å²) in [5.74, 6) is 2.60. The van der Waals surface area contributed by atoms with Gasteiger partial charge in [0.2, 0.25) is 0 Å². The molecule has 68 valence electrons. The Morgan fingerprint density at radius 3 is 2.17 bits per heavy atom. The highest BCUT2D eigenvalue weighted by atomic mass is 16.1. The predicted molar refractivity (Wildman–Crippen MR) is 48.9 cm³/mol. The van der Waals surface area contributed by atoms with Crippen LogP contribution in [-0.4, -0.2) is 6.29 Å². The highest BCUT2D eigenvalue weighted by Gasteiger charge is 2.36. The van der Waals surface area contributed by atoms with Gasteiger partial charge in [0.05, 0.1) is 0 Å². The zero-order chi connectivity index (χ0) is 8.39. The van der Waals surface area contributed by atoms with E-state index in [1.807, 2.05) is 0 Å². The molecule has 2 fully saturated rings. The number of hydrogen-bond donors (Lipinski definition) is 0. The number of carbonyl (C=O) groups is 1. The highest BCUT2D eigenvalue weighted by Crippen LogP contribution is 2.46. The Hall–Kier alpha value is -0.330. The van der Waals surface area contributed by atoms with Gasteiger partial charge in [0.15, 0.2) is 0 Å². The third kappa shape index (κ3) is 1.70. The average molecular weight is 166 g/mol. The number of rotatable bonds is 4. The zero-order valence-electron chi connectivity index (χ0n) is 7.67. The molecule has 2 saturated carbocycles. The van der Waals surface area contributed by atoms with Crippen molar-refractivity contribution in [1.29, 1.82) is 0 Å². The maximum absolute atomic E-state index is 10.5. The van der Waals surface area contributed by atoms with Gasteiger partial charge in [-0.1, -0.05) is 25.7 Å². The lowest BCUT2D eigenvalue weighted by molar-refractivity contribution is -0.109. The van der Waals surface area contributed by atoms with Crippen molar-refractivity contribution in [2.45, 2.75) is 44.9 Å². The number of carbonyl (C=O) groups excluding carboxylic acids is 1. The molecule has 0 bridgehead atoms. The van der Waals surface area contributed by atoms with Crippen LogP contribution in [0.1, 0.15) is 44.9 Å². The van der Waals surface area contributed by atoms with Crippen molar-refractivity contribution in [3.63, 3.8) is 0 Å². The second kappa shape index (κ2) is 3.59. The first-order valence-corrected chi connectivity index (χ1v) is 5.35. The summed E-state index contributed by atoms with van der Waals surface area (Å²) in [6.45, 7) is 0. The minimum atomic E-state index is 0.769. The summed E-state index contributed by atoms with van der Waals surface area (Å²) >= 11 is 0. The van der Waals surface area contributed by atoms with Crippen LogP contribution in [0.3, 0.4) is 0 Å². The van der Waals surface area contributed by atoms with Crippen molar-refractivity contribution in [2.24, 2.45) is 17.8 Å². The summed E-state index contributed by atoms with van der Waals surface area (Å²) in [7, 11) is 0. The standard InChI is InChI=1S/C11H18O/c12-8-7-11(10-5-6-10)9-3-1-2-4-9/h8-11H,1-7H2. The van der Waals surface area contributed by atoms with Crippen molar-refractivity contribution in [1.82, 2.24) is 0 Å². The lowest BCUT2D eigenvalue weighted by Gasteiger charge is -2.20. The quantitative estimate of drug-likeness (QED) is 0.587. The summed E-state index contributed by atoms with van der Waals surface area (Å²) in [6.07, 6.45) is 10.4. The van der Waals surface area contributed by atoms with Crippen LogP contribution in [0.15, 0.2) is 0 Å². The van der Waals surface area contributed by atoms with Crippen LogP contribution in [0.2, 0.25) is 0 Å². The van der Waals surface area contributed by atoms with Gasteiger partial charge in [-0.05, 0) is 30.6 Å². The van der Waals surface area contributed by atoms with E-state index in [4.69, 9.17) is 0 Å². The van der Waals surface area contributed by atoms with Crippen LogP contribution in [0, 0.1) is 17.8 Å². The lowest BCUT2D eigenvalue weighted by Crippen LogP contribution is -2.14. The van der Waals surface area contributed by atoms with Crippen molar-refractivity contribution < 1.29 is 4.79 Å². The molecule has 0 aliphatic heterocycles. The molecule has 0 aromatic heterocycles. The van der Waals surface area contributed by atoms with Gasteiger partial charge in [0.25, 0.3) is 0 Å². The maximum atomic E-state index is 10.5. The summed E-state index contributed by atoms with van der Waals surface area (Å²) in [5, 5.41) is 0. The molecule has 0 saturated heterocycles. The average Bonchev–Trinajstić information content (AvgIpc) is 2.77. The monoisotopic (exact) mass is 166 g/mol. The van der Waals surface area contributed by atoms with Crippen molar-refractivity contribution in [2.75, 3.05) is 0 Å². The van der Waals surface area contributed by atoms with Gasteiger partial charge in [-0.15, -0.1) is 0 Å². The number of aldehydes is 1. The van der Waals surface area contributed by atoms with E-state index in [0.29, 0.717) is 0 Å². The fourth-order valence-corrected chi connectivity index (χ4v) is 2.79. The van der Waals surface area contributed by atoms with Crippen LogP contribution < -0.4 is 0 Å². The molecule has 0 aromatic rings. The summed E-state index contributed by atoms with van der Waals surface area (Å²) in [5.41, 5.74) is 0. The fraction of sp³-hybridized carbons (Fsp3) is 0.909. The van der Waals surface area contributed by atoms with Crippen LogP contribution in [0.25, 0.3) is 0 Å². The van der Waals surface area contributed by atoms with Gasteiger partial charge in [0, 0.05) is 6.42 Å². The molecular formula is C11H18O. The Bertz CT molecular complexity index is 154. The molecule has 0 radical (unpaired) electrons. The van der Waals surface area contributed by atoms with E-state index in [0.717, 1.165) is 30.5 Å². The lowest BCUT2D eigenvalue weighted by atomic mass is 9.85. The molecule has 1 atom stereocenters. The van der Waals surface area contributed by atoms with E-state index in [9.17, 15) is 4.79 Å². The van der Waals surface area contributed by atoms with Gasteiger partial charge in [-0.3, -0.25) is 0 Å². The molecule has 0 heterocycles. The predicted octanol–water partition coefficient (Wildman–Crippen LogP) is 2.79. The Morgan fingerprint density at radius 1 is 1.08 bits per heavy atom. The Morgan fingerprint density at radius 2 is 1.67 bits per heavy atom. The first kappa shape index (κ1) is 8.28. The minimum absolute atomic E-state index is 0.769. The van der Waals surface area contributed by atoms with Crippen LogP contribution >= 0.6 is 0 Å². The summed E-state index contributed by atoms with van der Waals surface area (Å²) in [6, 6.07) is 0. The molecule has 2 aliphatic rings. The Balaban J connectivity index is 1.89. The third-order valence-electron chi connectivity index (χ3n) is 3.60. The Kier molecular flexibility index (Phi) is 2.48. The van der Waals surface area contributed by atoms with E-state index in [2.05, 4.69) is 0 Å². The van der Waals surface area contributed by atoms with E-state index in [-0.39, 0.29) is 0 Å². The second-order valence-corrected chi connectivity index (χ2v) is 4.45. The largest absolute Gasteiger partial charge is 0.303 e. The maximum Gasteiger partial charge on any atom is 0.120 e. The van der Waals surface area contributed by atoms with E-state index < -0.39 is 0 Å². The SMILES string of the molecule is O=CCC(C1CCCC1)C1CC1. The van der Waals surface area contributed by atoms with Gasteiger partial charge >= 0.3 is 0 Å². The molecular weight excluding hydrogens is 148 g/mol. The van der Waals surface area contributed by atoms with Crippen molar-refractivity contribution in [3.05, 3.63) is 0 Å². The van der Waals surface area contributed by atoms with Gasteiger partial charge in [-0.2, -0.15) is 0 Å². The first-order chi connectivity index (χ1) is 5.92. The molecule has 2 rings (SSSR count). The molecule has 1 unspecified atom stereocenters. The van der Waals surface area contributed by atoms with Crippen molar-refractivity contribution in [3.8, 4) is 0 Å². The molecule has 1 heteroatoms. The van der Waals surface area contributed by atoms with Gasteiger partial charge in [-0.25, -0.2) is 0 Å². The molecule has 0 N–H and O–H groups in total. The van der Waals surface area contributed by atoms with E-state index >= 15 is 0 Å². The highest BCUT2D eigenvalue weighted by molar-refractivity contribution is 5.50. The summed E-state index contributed by atoms with van der Waals surface area (Å²) < 4.78 is 0. The smallest absolute Gasteiger partial charge is 0.120 e. The topological polar surface area (TPSA) is 17.1 Å². The second-order valence-electron chi connectivity index (χ2n) is 4.45. The third-order valence-corrected chi connectivity index (χ3v) is 3.60. The normalized spacial score (nSPS) is 27.3. The molecule has 12 heavy (non-hydrogen) atoms. The number of hydrogen-bond acceptors (Lipinski definition) is 1. The van der Waals surface area contributed by atoms with Gasteiger partial charge in [0.1, 0.15) is 6.29 Å². The van der Waals surface area contributed by atoms with Crippen LogP contribution in [0.5, 0.6) is 0 Å². The molecule has 0 spiro atoms. The van der Waals surface area contributed by atoms with E-state index in [1.54, 1.807) is 0 Å². The molecule has 0 amide bonds. The van der Waals surface area contributed by atoms with Crippen LogP contribution in [-0.2, 0) is 4.79 Å². The van der Waals surface area contributed by atoms with Crippen molar-refractivity contribution >= 4 is 6.29 Å². The van der Waals surface area contributed by atoms with E-state index in [1.165, 1.54) is 38.5 Å². The minimum Gasteiger partial charge on any atom is -0.303 e. The first-order valence-electron chi connectivity index (χ1n) is 5.35. The molecule has 0 aromatic carbocycles. The summed E-state index contributed by atoms with van der Waals surface area (Å²) in [4.78, 5) is 10.5. The van der Waals surface area contributed by atoms with Crippen LogP contribution in [0.4, 0.5) is 0 Å². The fourth-order valence-electron chi connectivity index (χ4n) is 2.79. The zero-order valence-corrected chi connectivity index (χ0v) is 7.67. The molecule has 2 aliphatic carbocycles. The Labute approximate surface area is 74.5 Å². The van der Waals surface area contributed by atoms with Gasteiger partial charge < -0.3 is 4.79 Å².